The van der Waals surface area contributed by atoms with Crippen LogP contribution in [0, 0.1) is 0 Å². The Morgan fingerprint density at radius 3 is 2.54 bits per heavy atom. The fraction of sp³-hybridized carbons (Fsp3) is 0.579. The predicted octanol–water partition coefficient (Wildman–Crippen LogP) is 3.08. The van der Waals surface area contributed by atoms with Crippen LogP contribution in [0.4, 0.5) is 4.79 Å². The molecule has 26 heavy (non-hydrogen) atoms. The molecule has 144 valence electrons. The molecule has 0 bridgehead atoms. The lowest BCUT2D eigenvalue weighted by molar-refractivity contribution is 0.0963. The van der Waals surface area contributed by atoms with E-state index in [1.54, 1.807) is 16.7 Å². The highest BCUT2D eigenvalue weighted by atomic mass is 32.2. The number of nitrogens with one attached hydrogen (secondary N) is 2. The van der Waals surface area contributed by atoms with Gasteiger partial charge >= 0.3 is 6.09 Å². The standard InChI is InChI=1S/C19H30N4O2S/c1-4-20-18(21-14-15-6-8-17(26-3)9-7-15)22-16-10-12-23(13-11-16)19(24)25-5-2/h6-9,16H,4-5,10-14H2,1-3H3,(H2,20,21,22). The molecule has 1 fully saturated rings. The van der Waals surface area contributed by atoms with Crippen molar-refractivity contribution in [1.29, 1.82) is 0 Å². The van der Waals surface area contributed by atoms with Gasteiger partial charge in [-0.1, -0.05) is 12.1 Å². The molecule has 0 spiro atoms. The zero-order valence-corrected chi connectivity index (χ0v) is 16.8. The highest BCUT2D eigenvalue weighted by Crippen LogP contribution is 2.15. The van der Waals surface area contributed by atoms with Crippen molar-refractivity contribution in [2.24, 2.45) is 4.99 Å². The molecule has 1 amide bonds. The van der Waals surface area contributed by atoms with Crippen LogP contribution < -0.4 is 10.6 Å². The van der Waals surface area contributed by atoms with Crippen LogP contribution in [0.25, 0.3) is 0 Å². The Morgan fingerprint density at radius 1 is 1.27 bits per heavy atom. The van der Waals surface area contributed by atoms with Gasteiger partial charge in [0.15, 0.2) is 5.96 Å². The van der Waals surface area contributed by atoms with Crippen LogP contribution in [0.3, 0.4) is 0 Å². The van der Waals surface area contributed by atoms with E-state index < -0.39 is 0 Å². The average Bonchev–Trinajstić information content (AvgIpc) is 2.67. The van der Waals surface area contributed by atoms with Gasteiger partial charge < -0.3 is 20.3 Å². The minimum atomic E-state index is -0.208. The van der Waals surface area contributed by atoms with Crippen molar-refractivity contribution in [3.05, 3.63) is 29.8 Å². The third kappa shape index (κ3) is 6.44. The van der Waals surface area contributed by atoms with E-state index in [9.17, 15) is 4.79 Å². The molecule has 1 aliphatic rings. The Hall–Kier alpha value is -1.89. The van der Waals surface area contributed by atoms with Crippen LogP contribution in [0.1, 0.15) is 32.3 Å². The lowest BCUT2D eigenvalue weighted by Gasteiger charge is -2.32. The van der Waals surface area contributed by atoms with Crippen LogP contribution in [0.5, 0.6) is 0 Å². The van der Waals surface area contributed by atoms with Gasteiger partial charge in [-0.05, 0) is 50.6 Å². The Kier molecular flexibility index (Phi) is 8.61. The number of benzene rings is 1. The molecule has 7 heteroatoms. The molecule has 1 saturated heterocycles. The molecule has 1 aromatic rings. The second-order valence-electron chi connectivity index (χ2n) is 6.15. The number of hydrogen-bond acceptors (Lipinski definition) is 4. The SMILES string of the molecule is CCNC(=NCc1ccc(SC)cc1)NC1CCN(C(=O)OCC)CC1. The summed E-state index contributed by atoms with van der Waals surface area (Å²) in [4.78, 5) is 19.5. The van der Waals surface area contributed by atoms with Gasteiger partial charge in [0.05, 0.1) is 13.2 Å². The summed E-state index contributed by atoms with van der Waals surface area (Å²) < 4.78 is 5.07. The number of carbonyl (C=O) groups is 1. The first-order valence-corrected chi connectivity index (χ1v) is 10.5. The third-order valence-electron chi connectivity index (χ3n) is 4.28. The Labute approximate surface area is 160 Å². The summed E-state index contributed by atoms with van der Waals surface area (Å²) in [5.74, 6) is 0.830. The molecule has 1 aliphatic heterocycles. The first kappa shape index (κ1) is 20.4. The molecule has 0 saturated carbocycles. The quantitative estimate of drug-likeness (QED) is 0.452. The second-order valence-corrected chi connectivity index (χ2v) is 7.03. The van der Waals surface area contributed by atoms with Gasteiger partial charge in [0.25, 0.3) is 0 Å². The summed E-state index contributed by atoms with van der Waals surface area (Å²) in [7, 11) is 0. The van der Waals surface area contributed by atoms with Crippen LogP contribution in [-0.2, 0) is 11.3 Å². The predicted molar refractivity (Wildman–Crippen MR) is 108 cm³/mol. The molecule has 1 heterocycles. The normalized spacial score (nSPS) is 15.7. The second kappa shape index (κ2) is 11.0. The van der Waals surface area contributed by atoms with Gasteiger partial charge in [0.1, 0.15) is 0 Å². The average molecular weight is 379 g/mol. The van der Waals surface area contributed by atoms with Crippen molar-refractivity contribution >= 4 is 23.8 Å². The number of aliphatic imine (C=N–C) groups is 1. The number of amides is 1. The summed E-state index contributed by atoms with van der Waals surface area (Å²) in [5, 5.41) is 6.80. The summed E-state index contributed by atoms with van der Waals surface area (Å²) in [6.07, 6.45) is 3.66. The maximum atomic E-state index is 11.8. The maximum Gasteiger partial charge on any atom is 0.409 e. The van der Waals surface area contributed by atoms with E-state index in [-0.39, 0.29) is 6.09 Å². The number of rotatable bonds is 6. The van der Waals surface area contributed by atoms with E-state index in [2.05, 4.69) is 48.1 Å². The highest BCUT2D eigenvalue weighted by molar-refractivity contribution is 7.98. The number of likely N-dealkylation sites (tertiary alicyclic amines) is 1. The van der Waals surface area contributed by atoms with Crippen molar-refractivity contribution in [2.75, 3.05) is 32.5 Å². The van der Waals surface area contributed by atoms with E-state index in [1.807, 2.05) is 6.92 Å². The van der Waals surface area contributed by atoms with Crippen molar-refractivity contribution < 1.29 is 9.53 Å². The largest absolute Gasteiger partial charge is 0.450 e. The van der Waals surface area contributed by atoms with Gasteiger partial charge in [-0.2, -0.15) is 0 Å². The Morgan fingerprint density at radius 2 is 1.96 bits per heavy atom. The number of piperidine rings is 1. The van der Waals surface area contributed by atoms with Gasteiger partial charge in [0, 0.05) is 30.6 Å². The molecule has 0 aliphatic carbocycles. The van der Waals surface area contributed by atoms with Gasteiger partial charge in [-0.3, -0.25) is 0 Å². The van der Waals surface area contributed by atoms with Crippen LogP contribution >= 0.6 is 11.8 Å². The highest BCUT2D eigenvalue weighted by Gasteiger charge is 2.23. The Bertz CT molecular complexity index is 584. The summed E-state index contributed by atoms with van der Waals surface area (Å²) in [6, 6.07) is 8.81. The molecular formula is C19H30N4O2S. The van der Waals surface area contributed by atoms with Gasteiger partial charge in [0.2, 0.25) is 0 Å². The summed E-state index contributed by atoms with van der Waals surface area (Å²) in [6.45, 7) is 7.21. The minimum Gasteiger partial charge on any atom is -0.450 e. The number of hydrogen-bond donors (Lipinski definition) is 2. The monoisotopic (exact) mass is 378 g/mol. The van der Waals surface area contributed by atoms with E-state index in [4.69, 9.17) is 9.73 Å². The smallest absolute Gasteiger partial charge is 0.409 e. The zero-order chi connectivity index (χ0) is 18.8. The van der Waals surface area contributed by atoms with Crippen molar-refractivity contribution in [3.63, 3.8) is 0 Å². The molecule has 0 unspecified atom stereocenters. The number of carbonyl (C=O) groups excluding carboxylic acids is 1. The topological polar surface area (TPSA) is 66.0 Å². The Balaban J connectivity index is 1.86. The lowest BCUT2D eigenvalue weighted by atomic mass is 10.1. The number of ether oxygens (including phenoxy) is 1. The molecule has 0 radical (unpaired) electrons. The molecular weight excluding hydrogens is 348 g/mol. The molecule has 6 nitrogen and oxygen atoms in total. The van der Waals surface area contributed by atoms with E-state index in [0.717, 1.165) is 25.3 Å². The maximum absolute atomic E-state index is 11.8. The third-order valence-corrected chi connectivity index (χ3v) is 5.03. The first-order chi connectivity index (χ1) is 12.7. The van der Waals surface area contributed by atoms with Gasteiger partial charge in [-0.25, -0.2) is 9.79 Å². The van der Waals surface area contributed by atoms with Crippen LogP contribution in [-0.4, -0.2) is 55.5 Å². The van der Waals surface area contributed by atoms with E-state index in [1.165, 1.54) is 10.5 Å². The molecule has 0 aromatic heterocycles. The molecule has 0 atom stereocenters. The van der Waals surface area contributed by atoms with Crippen LogP contribution in [0.15, 0.2) is 34.2 Å². The lowest BCUT2D eigenvalue weighted by Crippen LogP contribution is -2.49. The van der Waals surface area contributed by atoms with Crippen LogP contribution in [0.2, 0.25) is 0 Å². The van der Waals surface area contributed by atoms with Crippen molar-refractivity contribution in [1.82, 2.24) is 15.5 Å². The fourth-order valence-corrected chi connectivity index (χ4v) is 3.24. The van der Waals surface area contributed by atoms with E-state index in [0.29, 0.717) is 32.3 Å². The first-order valence-electron chi connectivity index (χ1n) is 9.25. The molecule has 2 N–H and O–H groups in total. The van der Waals surface area contributed by atoms with Crippen molar-refractivity contribution in [2.45, 2.75) is 44.2 Å². The number of guanidine groups is 1. The summed E-state index contributed by atoms with van der Waals surface area (Å²) >= 11 is 1.74. The number of thioether (sulfide) groups is 1. The molecule has 1 aromatic carbocycles. The zero-order valence-electron chi connectivity index (χ0n) is 16.0. The van der Waals surface area contributed by atoms with E-state index >= 15 is 0 Å². The molecule has 2 rings (SSSR count). The summed E-state index contributed by atoms with van der Waals surface area (Å²) in [5.41, 5.74) is 1.19. The number of nitrogens with zero attached hydrogens (tertiary/aromatic N) is 2. The van der Waals surface area contributed by atoms with Gasteiger partial charge in [-0.15, -0.1) is 11.8 Å². The van der Waals surface area contributed by atoms with Crippen molar-refractivity contribution in [3.8, 4) is 0 Å². The fourth-order valence-electron chi connectivity index (χ4n) is 2.84. The minimum absolute atomic E-state index is 0.208.